The van der Waals surface area contributed by atoms with Crippen LogP contribution < -0.4 is 10.1 Å². The van der Waals surface area contributed by atoms with Crippen molar-refractivity contribution in [2.45, 2.75) is 6.54 Å². The van der Waals surface area contributed by atoms with Gasteiger partial charge in [-0.2, -0.15) is 5.26 Å². The van der Waals surface area contributed by atoms with Gasteiger partial charge >= 0.3 is 0 Å². The van der Waals surface area contributed by atoms with Gasteiger partial charge in [-0.1, -0.05) is 17.7 Å². The van der Waals surface area contributed by atoms with E-state index in [-0.39, 0.29) is 17.3 Å². The van der Waals surface area contributed by atoms with Crippen molar-refractivity contribution < 1.29 is 13.5 Å². The van der Waals surface area contributed by atoms with E-state index >= 15 is 0 Å². The number of ether oxygens (including phenoxy) is 1. The fourth-order valence-electron chi connectivity index (χ4n) is 1.84. The van der Waals surface area contributed by atoms with Gasteiger partial charge in [-0.05, 0) is 23.8 Å². The molecule has 0 spiro atoms. The molecule has 1 N–H and O–H groups in total. The molecule has 3 nitrogen and oxygen atoms in total. The van der Waals surface area contributed by atoms with Crippen LogP contribution in [0.1, 0.15) is 11.1 Å². The number of nitriles is 1. The summed E-state index contributed by atoms with van der Waals surface area (Å²) < 4.78 is 31.7. The van der Waals surface area contributed by atoms with Crippen molar-refractivity contribution in [1.82, 2.24) is 0 Å². The van der Waals surface area contributed by atoms with Gasteiger partial charge in [0.2, 0.25) is 0 Å². The van der Waals surface area contributed by atoms with E-state index in [1.165, 1.54) is 7.11 Å². The Bertz CT molecular complexity index is 690. The van der Waals surface area contributed by atoms with Crippen LogP contribution in [0.3, 0.4) is 0 Å². The molecule has 0 aliphatic heterocycles. The van der Waals surface area contributed by atoms with Crippen LogP contribution in [0.2, 0.25) is 5.02 Å². The molecule has 6 heteroatoms. The third kappa shape index (κ3) is 3.41. The Morgan fingerprint density at radius 1 is 1.29 bits per heavy atom. The summed E-state index contributed by atoms with van der Waals surface area (Å²) in [7, 11) is 1.46. The van der Waals surface area contributed by atoms with Crippen molar-refractivity contribution in [2.24, 2.45) is 0 Å². The highest BCUT2D eigenvalue weighted by Gasteiger charge is 2.10. The molecule has 0 atom stereocenters. The minimum Gasteiger partial charge on any atom is -0.495 e. The summed E-state index contributed by atoms with van der Waals surface area (Å²) in [5.41, 5.74) is 1.21. The van der Waals surface area contributed by atoms with Crippen molar-refractivity contribution >= 4 is 17.3 Å². The van der Waals surface area contributed by atoms with Crippen molar-refractivity contribution in [2.75, 3.05) is 12.4 Å². The smallest absolute Gasteiger partial charge is 0.150 e. The van der Waals surface area contributed by atoms with Gasteiger partial charge < -0.3 is 10.1 Å². The lowest BCUT2D eigenvalue weighted by Crippen LogP contribution is -2.03. The second-order valence-corrected chi connectivity index (χ2v) is 4.65. The Morgan fingerprint density at radius 2 is 2.05 bits per heavy atom. The molecule has 0 amide bonds. The Kier molecular flexibility index (Phi) is 4.61. The largest absolute Gasteiger partial charge is 0.495 e. The number of nitrogens with zero attached hydrogens (tertiary/aromatic N) is 1. The first-order chi connectivity index (χ1) is 10.0. The van der Waals surface area contributed by atoms with E-state index in [9.17, 15) is 8.78 Å². The SMILES string of the molecule is COc1cc(CNc2c(F)cc(F)cc2Cl)ccc1C#N. The summed E-state index contributed by atoms with van der Waals surface area (Å²) in [6, 6.07) is 8.78. The number of hydrogen-bond donors (Lipinski definition) is 1. The molecule has 0 saturated heterocycles. The molecule has 21 heavy (non-hydrogen) atoms. The van der Waals surface area contributed by atoms with E-state index in [4.69, 9.17) is 21.6 Å². The molecule has 0 unspecified atom stereocenters. The fraction of sp³-hybridized carbons (Fsp3) is 0.133. The topological polar surface area (TPSA) is 45.0 Å². The summed E-state index contributed by atoms with van der Waals surface area (Å²) in [6.45, 7) is 0.254. The molecule has 2 rings (SSSR count). The molecule has 0 heterocycles. The summed E-state index contributed by atoms with van der Waals surface area (Å²) in [5.74, 6) is -1.06. The van der Waals surface area contributed by atoms with Crippen LogP contribution in [0.25, 0.3) is 0 Å². The first-order valence-electron chi connectivity index (χ1n) is 6.00. The Hall–Kier alpha value is -2.32. The predicted molar refractivity (Wildman–Crippen MR) is 76.4 cm³/mol. The van der Waals surface area contributed by atoms with E-state index in [0.29, 0.717) is 11.3 Å². The van der Waals surface area contributed by atoms with Gasteiger partial charge in [-0.15, -0.1) is 0 Å². The first kappa shape index (κ1) is 15.1. The van der Waals surface area contributed by atoms with Crippen LogP contribution in [0.15, 0.2) is 30.3 Å². The average Bonchev–Trinajstić information content (AvgIpc) is 2.45. The van der Waals surface area contributed by atoms with Crippen LogP contribution >= 0.6 is 11.6 Å². The molecule has 0 fully saturated rings. The number of methoxy groups -OCH3 is 1. The molecule has 0 saturated carbocycles. The average molecular weight is 309 g/mol. The van der Waals surface area contributed by atoms with Gasteiger partial charge in [0.25, 0.3) is 0 Å². The number of hydrogen-bond acceptors (Lipinski definition) is 3. The number of nitrogens with one attached hydrogen (secondary N) is 1. The molecule has 2 aromatic carbocycles. The van der Waals surface area contributed by atoms with Crippen LogP contribution in [0.4, 0.5) is 14.5 Å². The zero-order valence-corrected chi connectivity index (χ0v) is 11.8. The number of anilines is 1. The van der Waals surface area contributed by atoms with Crippen molar-refractivity contribution in [3.63, 3.8) is 0 Å². The minimum absolute atomic E-state index is 0.0291. The first-order valence-corrected chi connectivity index (χ1v) is 6.38. The van der Waals surface area contributed by atoms with Crippen LogP contribution in [0, 0.1) is 23.0 Å². The lowest BCUT2D eigenvalue weighted by molar-refractivity contribution is 0.413. The van der Waals surface area contributed by atoms with Crippen LogP contribution in [0.5, 0.6) is 5.75 Å². The highest BCUT2D eigenvalue weighted by atomic mass is 35.5. The van der Waals surface area contributed by atoms with Gasteiger partial charge in [0, 0.05) is 12.6 Å². The third-order valence-corrected chi connectivity index (χ3v) is 3.16. The van der Waals surface area contributed by atoms with Gasteiger partial charge in [-0.3, -0.25) is 0 Å². The lowest BCUT2D eigenvalue weighted by Gasteiger charge is -2.11. The van der Waals surface area contributed by atoms with E-state index < -0.39 is 11.6 Å². The Morgan fingerprint density at radius 3 is 2.67 bits per heavy atom. The van der Waals surface area contributed by atoms with E-state index in [1.807, 2.05) is 6.07 Å². The molecule has 0 aliphatic rings. The zero-order chi connectivity index (χ0) is 15.4. The zero-order valence-electron chi connectivity index (χ0n) is 11.1. The second-order valence-electron chi connectivity index (χ2n) is 4.24. The lowest BCUT2D eigenvalue weighted by atomic mass is 10.1. The van der Waals surface area contributed by atoms with Gasteiger partial charge in [0.05, 0.1) is 23.4 Å². The van der Waals surface area contributed by atoms with E-state index in [1.54, 1.807) is 18.2 Å². The second kappa shape index (κ2) is 6.42. The van der Waals surface area contributed by atoms with Gasteiger partial charge in [0.1, 0.15) is 17.6 Å². The monoisotopic (exact) mass is 308 g/mol. The summed E-state index contributed by atoms with van der Waals surface area (Å²) in [5, 5.41) is 11.7. The summed E-state index contributed by atoms with van der Waals surface area (Å²) in [6.07, 6.45) is 0. The molecular formula is C15H11ClF2N2O. The van der Waals surface area contributed by atoms with Crippen molar-refractivity contribution in [1.29, 1.82) is 5.26 Å². The molecule has 0 aliphatic carbocycles. The summed E-state index contributed by atoms with van der Waals surface area (Å²) >= 11 is 5.80. The van der Waals surface area contributed by atoms with Gasteiger partial charge in [0.15, 0.2) is 5.82 Å². The molecule has 0 bridgehead atoms. The molecule has 108 valence electrons. The summed E-state index contributed by atoms with van der Waals surface area (Å²) in [4.78, 5) is 0. The Balaban J connectivity index is 2.19. The van der Waals surface area contributed by atoms with Crippen molar-refractivity contribution in [3.8, 4) is 11.8 Å². The van der Waals surface area contributed by atoms with Crippen LogP contribution in [-0.2, 0) is 6.54 Å². The number of rotatable bonds is 4. The normalized spacial score (nSPS) is 10.0. The predicted octanol–water partition coefficient (Wildman–Crippen LogP) is 4.11. The van der Waals surface area contributed by atoms with Crippen molar-refractivity contribution in [3.05, 3.63) is 58.1 Å². The molecule has 0 radical (unpaired) electrons. The third-order valence-electron chi connectivity index (χ3n) is 2.86. The fourth-order valence-corrected chi connectivity index (χ4v) is 2.10. The van der Waals surface area contributed by atoms with E-state index in [0.717, 1.165) is 17.7 Å². The Labute approximate surface area is 125 Å². The standard InChI is InChI=1S/C15H11ClF2N2O/c1-21-14-4-9(2-3-10(14)7-19)8-20-15-12(16)5-11(17)6-13(15)18/h2-6,20H,8H2,1H3. The number of halogens is 3. The van der Waals surface area contributed by atoms with E-state index in [2.05, 4.69) is 5.32 Å². The molecule has 2 aromatic rings. The van der Waals surface area contributed by atoms with Gasteiger partial charge in [-0.25, -0.2) is 8.78 Å². The highest BCUT2D eigenvalue weighted by molar-refractivity contribution is 6.33. The molecular weight excluding hydrogens is 298 g/mol. The quantitative estimate of drug-likeness (QED) is 0.924. The maximum atomic E-state index is 13.6. The minimum atomic E-state index is -0.763. The maximum absolute atomic E-state index is 13.6. The van der Waals surface area contributed by atoms with Crippen LogP contribution in [-0.4, -0.2) is 7.11 Å². The maximum Gasteiger partial charge on any atom is 0.150 e. The number of benzene rings is 2. The highest BCUT2D eigenvalue weighted by Crippen LogP contribution is 2.27. The molecule has 0 aromatic heterocycles.